The summed E-state index contributed by atoms with van der Waals surface area (Å²) in [4.78, 5) is 8.93. The van der Waals surface area contributed by atoms with Gasteiger partial charge >= 0.3 is 0 Å². The summed E-state index contributed by atoms with van der Waals surface area (Å²) in [5, 5.41) is 6.59. The van der Waals surface area contributed by atoms with Crippen LogP contribution in [0.1, 0.15) is 23.3 Å². The summed E-state index contributed by atoms with van der Waals surface area (Å²) >= 11 is 1.72. The van der Waals surface area contributed by atoms with Gasteiger partial charge in [0.1, 0.15) is 0 Å². The van der Waals surface area contributed by atoms with E-state index in [0.29, 0.717) is 0 Å². The molecule has 0 unspecified atom stereocenters. The third-order valence-corrected chi connectivity index (χ3v) is 3.76. The Balaban J connectivity index is 1.83. The number of aryl methyl sites for hydroxylation is 1. The first kappa shape index (κ1) is 14.2. The molecule has 0 saturated carbocycles. The highest BCUT2D eigenvalue weighted by molar-refractivity contribution is 7.09. The van der Waals surface area contributed by atoms with Gasteiger partial charge in [-0.1, -0.05) is 6.92 Å². The van der Waals surface area contributed by atoms with E-state index in [4.69, 9.17) is 4.74 Å². The zero-order valence-corrected chi connectivity index (χ0v) is 12.2. The summed E-state index contributed by atoms with van der Waals surface area (Å²) in [6, 6.07) is 0. The Bertz CT molecular complexity index is 494. The van der Waals surface area contributed by atoms with Gasteiger partial charge in [-0.3, -0.25) is 0 Å². The number of hydrogen-bond acceptors (Lipinski definition) is 5. The number of hydrogen-bond donors (Lipinski definition) is 1. The molecule has 0 bridgehead atoms. The standard InChI is InChI=1S/C13H20N4OS/c1-3-13-16-12(9-19-13)8-17-7-11(15-10-17)6-14-4-5-18-2/h7,9-10,14H,3-6,8H2,1-2H3. The maximum Gasteiger partial charge on any atom is 0.0953 e. The van der Waals surface area contributed by atoms with Crippen molar-refractivity contribution in [1.29, 1.82) is 0 Å². The van der Waals surface area contributed by atoms with Crippen LogP contribution in [0.5, 0.6) is 0 Å². The number of methoxy groups -OCH3 is 1. The average Bonchev–Trinajstić information content (AvgIpc) is 3.05. The van der Waals surface area contributed by atoms with Gasteiger partial charge in [0.15, 0.2) is 0 Å². The van der Waals surface area contributed by atoms with Gasteiger partial charge in [0.05, 0.1) is 35.9 Å². The number of imidazole rings is 1. The molecular weight excluding hydrogens is 260 g/mol. The molecule has 19 heavy (non-hydrogen) atoms. The Morgan fingerprint density at radius 1 is 1.42 bits per heavy atom. The van der Waals surface area contributed by atoms with Crippen molar-refractivity contribution < 1.29 is 4.74 Å². The third-order valence-electron chi connectivity index (χ3n) is 2.72. The Hall–Kier alpha value is -1.24. The second kappa shape index (κ2) is 7.37. The lowest BCUT2D eigenvalue weighted by Gasteiger charge is -2.00. The quantitative estimate of drug-likeness (QED) is 0.748. The maximum absolute atomic E-state index is 4.98. The summed E-state index contributed by atoms with van der Waals surface area (Å²) < 4.78 is 7.05. The molecule has 0 aliphatic carbocycles. The zero-order chi connectivity index (χ0) is 13.5. The van der Waals surface area contributed by atoms with E-state index in [9.17, 15) is 0 Å². The van der Waals surface area contributed by atoms with Gasteiger partial charge in [-0.25, -0.2) is 9.97 Å². The second-order valence-electron chi connectivity index (χ2n) is 4.29. The van der Waals surface area contributed by atoms with Crippen LogP contribution < -0.4 is 5.32 Å². The first-order chi connectivity index (χ1) is 9.31. The molecule has 0 amide bonds. The van der Waals surface area contributed by atoms with Crippen LogP contribution in [-0.4, -0.2) is 34.8 Å². The fourth-order valence-corrected chi connectivity index (χ4v) is 2.48. The van der Waals surface area contributed by atoms with Crippen LogP contribution in [0.25, 0.3) is 0 Å². The van der Waals surface area contributed by atoms with Crippen molar-refractivity contribution in [2.75, 3.05) is 20.3 Å². The molecule has 0 radical (unpaired) electrons. The predicted molar refractivity (Wildman–Crippen MR) is 76.4 cm³/mol. The van der Waals surface area contributed by atoms with Crippen LogP contribution in [0.4, 0.5) is 0 Å². The van der Waals surface area contributed by atoms with Crippen molar-refractivity contribution >= 4 is 11.3 Å². The molecule has 0 aliphatic heterocycles. The van der Waals surface area contributed by atoms with Crippen molar-refractivity contribution in [3.63, 3.8) is 0 Å². The number of nitrogens with zero attached hydrogens (tertiary/aromatic N) is 3. The van der Waals surface area contributed by atoms with Crippen molar-refractivity contribution in [2.24, 2.45) is 0 Å². The lowest BCUT2D eigenvalue weighted by atomic mass is 10.4. The largest absolute Gasteiger partial charge is 0.383 e. The lowest BCUT2D eigenvalue weighted by molar-refractivity contribution is 0.199. The first-order valence-corrected chi connectivity index (χ1v) is 7.33. The smallest absolute Gasteiger partial charge is 0.0953 e. The molecule has 0 saturated heterocycles. The maximum atomic E-state index is 4.98. The number of aromatic nitrogens is 3. The average molecular weight is 280 g/mol. The molecule has 2 heterocycles. The van der Waals surface area contributed by atoms with Gasteiger partial charge in [0.25, 0.3) is 0 Å². The zero-order valence-electron chi connectivity index (χ0n) is 11.4. The molecule has 2 aromatic rings. The molecule has 0 spiro atoms. The Morgan fingerprint density at radius 3 is 3.05 bits per heavy atom. The van der Waals surface area contributed by atoms with Crippen molar-refractivity contribution in [3.05, 3.63) is 34.3 Å². The molecule has 2 aromatic heterocycles. The van der Waals surface area contributed by atoms with Gasteiger partial charge < -0.3 is 14.6 Å². The second-order valence-corrected chi connectivity index (χ2v) is 5.24. The minimum absolute atomic E-state index is 0.722. The Kier molecular flexibility index (Phi) is 5.50. The summed E-state index contributed by atoms with van der Waals surface area (Å²) in [6.07, 6.45) is 4.92. The van der Waals surface area contributed by atoms with Crippen LogP contribution in [0, 0.1) is 0 Å². The van der Waals surface area contributed by atoms with Crippen LogP contribution in [0.15, 0.2) is 17.9 Å². The number of nitrogens with one attached hydrogen (secondary N) is 1. The topological polar surface area (TPSA) is 52.0 Å². The molecular formula is C13H20N4OS. The summed E-state index contributed by atoms with van der Waals surface area (Å²) in [6.45, 7) is 5.26. The first-order valence-electron chi connectivity index (χ1n) is 6.45. The van der Waals surface area contributed by atoms with Crippen molar-refractivity contribution in [3.8, 4) is 0 Å². The van der Waals surface area contributed by atoms with E-state index in [1.165, 1.54) is 5.01 Å². The van der Waals surface area contributed by atoms with Gasteiger partial charge in [0.2, 0.25) is 0 Å². The minimum atomic E-state index is 0.722. The Labute approximate surface area is 117 Å². The molecule has 0 aliphatic rings. The Morgan fingerprint density at radius 2 is 2.32 bits per heavy atom. The van der Waals surface area contributed by atoms with Crippen LogP contribution in [0.3, 0.4) is 0 Å². The normalized spacial score (nSPS) is 11.1. The van der Waals surface area contributed by atoms with Crippen LogP contribution in [-0.2, 0) is 24.2 Å². The molecule has 5 nitrogen and oxygen atoms in total. The lowest BCUT2D eigenvalue weighted by Crippen LogP contribution is -2.18. The highest BCUT2D eigenvalue weighted by atomic mass is 32.1. The van der Waals surface area contributed by atoms with Gasteiger partial charge in [-0.15, -0.1) is 11.3 Å². The summed E-state index contributed by atoms with van der Waals surface area (Å²) in [7, 11) is 1.70. The SMILES string of the molecule is CCc1nc(Cn2cnc(CNCCOC)c2)cs1. The van der Waals surface area contributed by atoms with E-state index in [1.807, 2.05) is 6.33 Å². The van der Waals surface area contributed by atoms with E-state index >= 15 is 0 Å². The highest BCUT2D eigenvalue weighted by Crippen LogP contribution is 2.11. The molecule has 104 valence electrons. The summed E-state index contributed by atoms with van der Waals surface area (Å²) in [5.41, 5.74) is 2.15. The van der Waals surface area contributed by atoms with Crippen LogP contribution in [0.2, 0.25) is 0 Å². The summed E-state index contributed by atoms with van der Waals surface area (Å²) in [5.74, 6) is 0. The molecule has 1 N–H and O–H groups in total. The number of rotatable bonds is 8. The predicted octanol–water partition coefficient (Wildman–Crippen LogP) is 1.69. The van der Waals surface area contributed by atoms with Gasteiger partial charge in [0, 0.05) is 31.8 Å². The molecule has 6 heteroatoms. The molecule has 0 aromatic carbocycles. The van der Waals surface area contributed by atoms with E-state index in [0.717, 1.165) is 44.0 Å². The number of thiazole rings is 1. The van der Waals surface area contributed by atoms with Gasteiger partial charge in [-0.2, -0.15) is 0 Å². The van der Waals surface area contributed by atoms with Crippen molar-refractivity contribution in [2.45, 2.75) is 26.4 Å². The minimum Gasteiger partial charge on any atom is -0.383 e. The highest BCUT2D eigenvalue weighted by Gasteiger charge is 2.03. The van der Waals surface area contributed by atoms with Gasteiger partial charge in [-0.05, 0) is 6.42 Å². The van der Waals surface area contributed by atoms with Crippen molar-refractivity contribution in [1.82, 2.24) is 19.9 Å². The van der Waals surface area contributed by atoms with E-state index in [1.54, 1.807) is 18.4 Å². The fourth-order valence-electron chi connectivity index (χ4n) is 1.75. The fraction of sp³-hybridized carbons (Fsp3) is 0.538. The molecule has 2 rings (SSSR count). The molecule has 0 atom stereocenters. The number of ether oxygens (including phenoxy) is 1. The van der Waals surface area contributed by atoms with E-state index < -0.39 is 0 Å². The van der Waals surface area contributed by atoms with Crippen LogP contribution >= 0.6 is 11.3 Å². The van der Waals surface area contributed by atoms with E-state index in [-0.39, 0.29) is 0 Å². The third kappa shape index (κ3) is 4.41. The monoisotopic (exact) mass is 280 g/mol. The van der Waals surface area contributed by atoms with E-state index in [2.05, 4.69) is 38.4 Å². The molecule has 0 fully saturated rings.